The standard InChI is InChI=1S/C23H48O3S/c1-3-5-7-9-11-13-14-15-16-18-20-22-26-27(24,25)23-21-19-17-12-10-8-6-4-2/h3-23H2,1-2H3. The van der Waals surface area contributed by atoms with Crippen molar-refractivity contribution >= 4 is 10.1 Å². The van der Waals surface area contributed by atoms with Gasteiger partial charge in [0.05, 0.1) is 12.4 Å². The molecular weight excluding hydrogens is 356 g/mol. The molecule has 0 aromatic rings. The van der Waals surface area contributed by atoms with Crippen molar-refractivity contribution in [3.05, 3.63) is 0 Å². The fourth-order valence-electron chi connectivity index (χ4n) is 3.42. The van der Waals surface area contributed by atoms with Gasteiger partial charge in [0.1, 0.15) is 0 Å². The first kappa shape index (κ1) is 26.9. The van der Waals surface area contributed by atoms with Crippen molar-refractivity contribution in [2.24, 2.45) is 0 Å². The van der Waals surface area contributed by atoms with Gasteiger partial charge in [-0.15, -0.1) is 0 Å². The zero-order chi connectivity index (χ0) is 20.1. The third-order valence-electron chi connectivity index (χ3n) is 5.26. The first-order valence-electron chi connectivity index (χ1n) is 12.0. The van der Waals surface area contributed by atoms with Crippen molar-refractivity contribution in [3.63, 3.8) is 0 Å². The average molecular weight is 405 g/mol. The van der Waals surface area contributed by atoms with Crippen LogP contribution >= 0.6 is 0 Å². The Labute approximate surface area is 171 Å². The van der Waals surface area contributed by atoms with E-state index in [1.54, 1.807) is 0 Å². The Morgan fingerprint density at radius 1 is 0.481 bits per heavy atom. The summed E-state index contributed by atoms with van der Waals surface area (Å²) in [5, 5.41) is 0. The predicted octanol–water partition coefficient (Wildman–Crippen LogP) is 7.78. The normalized spacial score (nSPS) is 11.9. The van der Waals surface area contributed by atoms with E-state index in [-0.39, 0.29) is 5.75 Å². The van der Waals surface area contributed by atoms with Crippen LogP contribution in [0.25, 0.3) is 0 Å². The van der Waals surface area contributed by atoms with E-state index >= 15 is 0 Å². The van der Waals surface area contributed by atoms with Crippen LogP contribution < -0.4 is 0 Å². The fraction of sp³-hybridized carbons (Fsp3) is 1.00. The van der Waals surface area contributed by atoms with E-state index in [0.717, 1.165) is 32.1 Å². The summed E-state index contributed by atoms with van der Waals surface area (Å²) in [5.41, 5.74) is 0. The lowest BCUT2D eigenvalue weighted by atomic mass is 10.1. The van der Waals surface area contributed by atoms with Gasteiger partial charge in [-0.1, -0.05) is 123 Å². The molecule has 0 saturated heterocycles. The van der Waals surface area contributed by atoms with Gasteiger partial charge in [0.2, 0.25) is 0 Å². The molecule has 0 atom stereocenters. The van der Waals surface area contributed by atoms with Crippen molar-refractivity contribution in [3.8, 4) is 0 Å². The smallest absolute Gasteiger partial charge is 0.267 e. The molecular formula is C23H48O3S. The molecule has 0 aliphatic carbocycles. The lowest BCUT2D eigenvalue weighted by molar-refractivity contribution is 0.305. The zero-order valence-electron chi connectivity index (χ0n) is 18.5. The van der Waals surface area contributed by atoms with Crippen LogP contribution in [-0.4, -0.2) is 20.8 Å². The Hall–Kier alpha value is -0.0900. The molecule has 0 amide bonds. The second-order valence-corrected chi connectivity index (χ2v) is 9.85. The average Bonchev–Trinajstić information content (AvgIpc) is 2.64. The lowest BCUT2D eigenvalue weighted by Crippen LogP contribution is -2.11. The highest BCUT2D eigenvalue weighted by Crippen LogP contribution is 2.12. The summed E-state index contributed by atoms with van der Waals surface area (Å²) in [4.78, 5) is 0. The largest absolute Gasteiger partial charge is 0.270 e. The van der Waals surface area contributed by atoms with Gasteiger partial charge < -0.3 is 0 Å². The summed E-state index contributed by atoms with van der Waals surface area (Å²) in [7, 11) is -3.30. The van der Waals surface area contributed by atoms with Crippen molar-refractivity contribution in [1.82, 2.24) is 0 Å². The summed E-state index contributed by atoms with van der Waals surface area (Å²) in [6.07, 6.45) is 23.3. The molecule has 0 bridgehead atoms. The van der Waals surface area contributed by atoms with Gasteiger partial charge in [-0.3, -0.25) is 4.18 Å². The van der Waals surface area contributed by atoms with Crippen LogP contribution in [0.1, 0.15) is 136 Å². The molecule has 0 aromatic carbocycles. The third-order valence-corrected chi connectivity index (χ3v) is 6.57. The van der Waals surface area contributed by atoms with Crippen LogP contribution in [0, 0.1) is 0 Å². The molecule has 164 valence electrons. The molecule has 4 heteroatoms. The molecule has 0 unspecified atom stereocenters. The summed E-state index contributed by atoms with van der Waals surface area (Å²) in [6, 6.07) is 0. The van der Waals surface area contributed by atoms with Crippen molar-refractivity contribution in [2.45, 2.75) is 136 Å². The van der Waals surface area contributed by atoms with E-state index < -0.39 is 10.1 Å². The summed E-state index contributed by atoms with van der Waals surface area (Å²) in [5.74, 6) is 0.194. The van der Waals surface area contributed by atoms with Gasteiger partial charge in [-0.2, -0.15) is 8.42 Å². The number of rotatable bonds is 22. The highest BCUT2D eigenvalue weighted by Gasteiger charge is 2.10. The molecule has 0 N–H and O–H groups in total. The molecule has 0 radical (unpaired) electrons. The number of unbranched alkanes of at least 4 members (excludes halogenated alkanes) is 17. The molecule has 0 heterocycles. The maximum absolute atomic E-state index is 11.9. The molecule has 0 aliphatic rings. The highest BCUT2D eigenvalue weighted by atomic mass is 32.2. The van der Waals surface area contributed by atoms with Gasteiger partial charge in [-0.25, -0.2) is 0 Å². The molecule has 0 rings (SSSR count). The van der Waals surface area contributed by atoms with Crippen LogP contribution in [0.4, 0.5) is 0 Å². The van der Waals surface area contributed by atoms with Crippen LogP contribution in [0.3, 0.4) is 0 Å². The van der Waals surface area contributed by atoms with E-state index in [4.69, 9.17) is 4.18 Å². The Morgan fingerprint density at radius 3 is 1.22 bits per heavy atom. The fourth-order valence-corrected chi connectivity index (χ4v) is 4.47. The second-order valence-electron chi connectivity index (χ2n) is 8.09. The highest BCUT2D eigenvalue weighted by molar-refractivity contribution is 7.86. The van der Waals surface area contributed by atoms with E-state index in [0.29, 0.717) is 6.61 Å². The minimum Gasteiger partial charge on any atom is -0.270 e. The SMILES string of the molecule is CCCCCCCCCCCCCOS(=O)(=O)CCCCCCCCCC. The second kappa shape index (κ2) is 20.6. The van der Waals surface area contributed by atoms with Crippen LogP contribution in [0.2, 0.25) is 0 Å². The van der Waals surface area contributed by atoms with Gasteiger partial charge in [0, 0.05) is 0 Å². The van der Waals surface area contributed by atoms with Gasteiger partial charge in [-0.05, 0) is 12.8 Å². The molecule has 0 spiro atoms. The number of hydrogen-bond acceptors (Lipinski definition) is 3. The first-order valence-corrected chi connectivity index (χ1v) is 13.6. The molecule has 0 aromatic heterocycles. The van der Waals surface area contributed by atoms with Crippen LogP contribution in [0.15, 0.2) is 0 Å². The first-order chi connectivity index (χ1) is 13.1. The van der Waals surface area contributed by atoms with Crippen molar-refractivity contribution in [2.75, 3.05) is 12.4 Å². The Bertz CT molecular complexity index is 379. The monoisotopic (exact) mass is 404 g/mol. The Morgan fingerprint density at radius 2 is 0.815 bits per heavy atom. The van der Waals surface area contributed by atoms with Crippen LogP contribution in [0.5, 0.6) is 0 Å². The minimum atomic E-state index is -3.30. The molecule has 0 aliphatic heterocycles. The lowest BCUT2D eigenvalue weighted by Gasteiger charge is -2.06. The third kappa shape index (κ3) is 22.1. The Balaban J connectivity index is 3.32. The minimum absolute atomic E-state index is 0.194. The van der Waals surface area contributed by atoms with Gasteiger partial charge in [0.15, 0.2) is 0 Å². The van der Waals surface area contributed by atoms with E-state index in [9.17, 15) is 8.42 Å². The molecule has 27 heavy (non-hydrogen) atoms. The maximum atomic E-state index is 11.9. The summed E-state index contributed by atoms with van der Waals surface area (Å²) in [6.45, 7) is 4.85. The zero-order valence-corrected chi connectivity index (χ0v) is 19.3. The van der Waals surface area contributed by atoms with E-state index in [2.05, 4.69) is 13.8 Å². The van der Waals surface area contributed by atoms with Crippen LogP contribution in [-0.2, 0) is 14.3 Å². The molecule has 3 nitrogen and oxygen atoms in total. The van der Waals surface area contributed by atoms with Crippen molar-refractivity contribution < 1.29 is 12.6 Å². The van der Waals surface area contributed by atoms with Gasteiger partial charge >= 0.3 is 0 Å². The van der Waals surface area contributed by atoms with Gasteiger partial charge in [0.25, 0.3) is 10.1 Å². The van der Waals surface area contributed by atoms with Crippen molar-refractivity contribution in [1.29, 1.82) is 0 Å². The molecule has 0 saturated carbocycles. The van der Waals surface area contributed by atoms with E-state index in [1.807, 2.05) is 0 Å². The predicted molar refractivity (Wildman–Crippen MR) is 119 cm³/mol. The Kier molecular flexibility index (Phi) is 20.6. The quantitative estimate of drug-likeness (QED) is 0.137. The summed E-state index contributed by atoms with van der Waals surface area (Å²) >= 11 is 0. The topological polar surface area (TPSA) is 43.4 Å². The maximum Gasteiger partial charge on any atom is 0.267 e. The molecule has 0 fully saturated rings. The number of hydrogen-bond donors (Lipinski definition) is 0. The van der Waals surface area contributed by atoms with E-state index in [1.165, 1.54) is 89.9 Å². The summed E-state index contributed by atoms with van der Waals surface area (Å²) < 4.78 is 28.9.